The summed E-state index contributed by atoms with van der Waals surface area (Å²) >= 11 is 0. The Kier molecular flexibility index (Phi) is 11.4. The molecular weight excluding hydrogens is 701 g/mol. The van der Waals surface area contributed by atoms with Crippen LogP contribution in [0.2, 0.25) is 0 Å². The number of azo groups is 1. The normalized spacial score (nSPS) is 12.0. The van der Waals surface area contributed by atoms with Gasteiger partial charge in [-0.2, -0.15) is 12.7 Å². The van der Waals surface area contributed by atoms with Crippen LogP contribution in [-0.2, 0) is 20.1 Å². The summed E-state index contributed by atoms with van der Waals surface area (Å²) in [4.78, 5) is -0.651. The number of anilines is 4. The topological polar surface area (TPSA) is 222 Å². The molecule has 5 aromatic rings. The van der Waals surface area contributed by atoms with Gasteiger partial charge in [0.05, 0.1) is 36.6 Å². The Labute approximate surface area is 294 Å². The van der Waals surface area contributed by atoms with Crippen molar-refractivity contribution in [2.45, 2.75) is 16.7 Å². The van der Waals surface area contributed by atoms with E-state index in [9.17, 15) is 36.7 Å². The summed E-state index contributed by atoms with van der Waals surface area (Å²) in [5.41, 5.74) is 8.85. The molecule has 0 atom stereocenters. The molecule has 0 spiro atoms. The van der Waals surface area contributed by atoms with Crippen molar-refractivity contribution in [3.8, 4) is 11.5 Å². The molecule has 0 heterocycles. The van der Waals surface area contributed by atoms with Gasteiger partial charge in [-0.15, -0.1) is 10.2 Å². The minimum atomic E-state index is -4.85. The highest BCUT2D eigenvalue weighted by atomic mass is 32.2. The van der Waals surface area contributed by atoms with Gasteiger partial charge < -0.3 is 36.2 Å². The van der Waals surface area contributed by atoms with E-state index in [1.165, 1.54) is 37.4 Å². The predicted octanol–water partition coefficient (Wildman–Crippen LogP) is 5.68. The Hall–Kier alpha value is -5.30. The molecular formula is C34H36N6O9S2. The smallest absolute Gasteiger partial charge is 0.296 e. The number of aromatic hydroxyl groups is 1. The van der Waals surface area contributed by atoms with E-state index in [1.807, 2.05) is 30.3 Å². The maximum absolute atomic E-state index is 12.9. The summed E-state index contributed by atoms with van der Waals surface area (Å²) in [6.45, 7) is 0.671. The minimum absolute atomic E-state index is 0.0121. The second-order valence-electron chi connectivity index (χ2n) is 11.1. The van der Waals surface area contributed by atoms with Gasteiger partial charge in [-0.1, -0.05) is 18.2 Å². The second-order valence-corrected chi connectivity index (χ2v) is 14.5. The van der Waals surface area contributed by atoms with Crippen molar-refractivity contribution in [3.63, 3.8) is 0 Å². The standard InChI is InChI=1S/C34H36N6O9S2/c1-22-18-30(31(49-2)21-29(22)37-36-25-8-11-27(12-9-25)50(44,45)40(14-16-41)15-17-42)38-39-33-32(51(46,47)48)20-23-19-26(10-13-28(23)34(33)43)35-24-6-4-3-5-7-24/h3-13,18-21,35-37,41-43H,14-17H2,1-2H3,(H,46,47,48). The monoisotopic (exact) mass is 736 g/mol. The lowest BCUT2D eigenvalue weighted by Gasteiger charge is -2.20. The van der Waals surface area contributed by atoms with E-state index in [2.05, 4.69) is 26.4 Å². The number of nitrogens with zero attached hydrogens (tertiary/aromatic N) is 3. The summed E-state index contributed by atoms with van der Waals surface area (Å²) in [7, 11) is -7.38. The largest absolute Gasteiger partial charge is 0.505 e. The predicted molar refractivity (Wildman–Crippen MR) is 194 cm³/mol. The first-order chi connectivity index (χ1) is 24.3. The van der Waals surface area contributed by atoms with E-state index >= 15 is 0 Å². The number of phenolic OH excluding ortho intramolecular Hbond substituents is 1. The molecule has 0 aliphatic rings. The molecule has 0 bridgehead atoms. The molecule has 0 radical (unpaired) electrons. The van der Waals surface area contributed by atoms with E-state index in [0.717, 1.165) is 9.99 Å². The van der Waals surface area contributed by atoms with Crippen LogP contribution in [-0.4, -0.2) is 74.4 Å². The van der Waals surface area contributed by atoms with Gasteiger partial charge in [0.2, 0.25) is 10.0 Å². The molecule has 0 aliphatic heterocycles. The first-order valence-electron chi connectivity index (χ1n) is 15.4. The number of fused-ring (bicyclic) bond motifs is 1. The number of sulfonamides is 1. The first-order valence-corrected chi connectivity index (χ1v) is 18.3. The number of hydrazine groups is 1. The van der Waals surface area contributed by atoms with Crippen LogP contribution in [0, 0.1) is 6.92 Å². The van der Waals surface area contributed by atoms with E-state index in [1.54, 1.807) is 37.3 Å². The molecule has 268 valence electrons. The Balaban J connectivity index is 1.38. The Morgan fingerprint density at radius 3 is 2.08 bits per heavy atom. The Morgan fingerprint density at radius 2 is 1.45 bits per heavy atom. The highest BCUT2D eigenvalue weighted by Crippen LogP contribution is 2.43. The van der Waals surface area contributed by atoms with Gasteiger partial charge in [-0.3, -0.25) is 4.55 Å². The highest BCUT2D eigenvalue weighted by Gasteiger charge is 2.24. The summed E-state index contributed by atoms with van der Waals surface area (Å²) in [6, 6.07) is 24.5. The van der Waals surface area contributed by atoms with Crippen LogP contribution in [0.1, 0.15) is 5.56 Å². The molecule has 5 aromatic carbocycles. The molecule has 0 fully saturated rings. The summed E-state index contributed by atoms with van der Waals surface area (Å²) in [5, 5.41) is 41.6. The first kappa shape index (κ1) is 37.0. The maximum atomic E-state index is 12.9. The van der Waals surface area contributed by atoms with Crippen molar-refractivity contribution < 1.29 is 41.4 Å². The number of aliphatic hydroxyl groups is 2. The van der Waals surface area contributed by atoms with Gasteiger partial charge in [0.1, 0.15) is 22.0 Å². The van der Waals surface area contributed by atoms with Crippen LogP contribution in [0.15, 0.2) is 111 Å². The molecule has 0 amide bonds. The maximum Gasteiger partial charge on any atom is 0.296 e. The quantitative estimate of drug-likeness (QED) is 0.0392. The average Bonchev–Trinajstić information content (AvgIpc) is 3.10. The zero-order valence-electron chi connectivity index (χ0n) is 27.5. The lowest BCUT2D eigenvalue weighted by molar-refractivity contribution is 0.217. The SMILES string of the molecule is COc1cc(NNc2ccc(S(=O)(=O)N(CCO)CCO)cc2)c(C)cc1N=Nc1c(S(=O)(=O)O)cc2cc(Nc3ccccc3)ccc2c1O. The fourth-order valence-corrected chi connectivity index (χ4v) is 7.22. The summed E-state index contributed by atoms with van der Waals surface area (Å²) < 4.78 is 67.2. The Morgan fingerprint density at radius 1 is 0.784 bits per heavy atom. The van der Waals surface area contributed by atoms with Crippen molar-refractivity contribution in [3.05, 3.63) is 96.6 Å². The third-order valence-electron chi connectivity index (χ3n) is 7.71. The zero-order valence-corrected chi connectivity index (χ0v) is 29.1. The number of hydrogen-bond acceptors (Lipinski definition) is 13. The van der Waals surface area contributed by atoms with Crippen LogP contribution in [0.25, 0.3) is 10.8 Å². The average molecular weight is 737 g/mol. The molecule has 0 aromatic heterocycles. The molecule has 51 heavy (non-hydrogen) atoms. The number of ether oxygens (including phenoxy) is 1. The summed E-state index contributed by atoms with van der Waals surface area (Å²) in [5.74, 6) is -0.269. The van der Waals surface area contributed by atoms with Crippen molar-refractivity contribution >= 4 is 65.0 Å². The fraction of sp³-hybridized carbons (Fsp3) is 0.176. The molecule has 5 rings (SSSR count). The van der Waals surface area contributed by atoms with E-state index in [4.69, 9.17) is 4.74 Å². The number of nitrogens with one attached hydrogen (secondary N) is 3. The Bertz CT molecular complexity index is 2260. The lowest BCUT2D eigenvalue weighted by atomic mass is 10.1. The van der Waals surface area contributed by atoms with Gasteiger partial charge in [0, 0.05) is 35.9 Å². The number of para-hydroxylation sites is 1. The van der Waals surface area contributed by atoms with Gasteiger partial charge in [0.15, 0.2) is 5.75 Å². The van der Waals surface area contributed by atoms with Crippen molar-refractivity contribution in [1.82, 2.24) is 4.31 Å². The molecule has 0 saturated heterocycles. The van der Waals surface area contributed by atoms with Gasteiger partial charge in [-0.25, -0.2) is 8.42 Å². The van der Waals surface area contributed by atoms with E-state index in [-0.39, 0.29) is 34.8 Å². The highest BCUT2D eigenvalue weighted by molar-refractivity contribution is 7.89. The van der Waals surface area contributed by atoms with Gasteiger partial charge in [-0.05, 0) is 84.6 Å². The lowest BCUT2D eigenvalue weighted by Crippen LogP contribution is -2.35. The third kappa shape index (κ3) is 8.54. The van der Waals surface area contributed by atoms with Crippen LogP contribution in [0.5, 0.6) is 11.5 Å². The molecule has 0 unspecified atom stereocenters. The molecule has 7 N–H and O–H groups in total. The zero-order chi connectivity index (χ0) is 36.8. The van der Waals surface area contributed by atoms with Crippen molar-refractivity contribution in [2.75, 3.05) is 49.6 Å². The number of aryl methyl sites for hydroxylation is 1. The number of hydrogen-bond donors (Lipinski definition) is 7. The molecule has 0 aliphatic carbocycles. The third-order valence-corrected chi connectivity index (χ3v) is 10.5. The number of rotatable bonds is 15. The van der Waals surface area contributed by atoms with Crippen molar-refractivity contribution in [2.24, 2.45) is 10.2 Å². The summed E-state index contributed by atoms with van der Waals surface area (Å²) in [6.07, 6.45) is 0. The van der Waals surface area contributed by atoms with Crippen molar-refractivity contribution in [1.29, 1.82) is 0 Å². The fourth-order valence-electron chi connectivity index (χ4n) is 5.14. The van der Waals surface area contributed by atoms with Crippen LogP contribution >= 0.6 is 0 Å². The second kappa shape index (κ2) is 15.7. The number of methoxy groups -OCH3 is 1. The molecule has 15 nitrogen and oxygen atoms in total. The number of phenols is 1. The van der Waals surface area contributed by atoms with Gasteiger partial charge in [0.25, 0.3) is 10.1 Å². The minimum Gasteiger partial charge on any atom is -0.505 e. The molecule has 0 saturated carbocycles. The molecule has 17 heteroatoms. The van der Waals surface area contributed by atoms with Crippen LogP contribution in [0.3, 0.4) is 0 Å². The number of benzene rings is 5. The van der Waals surface area contributed by atoms with E-state index < -0.39 is 49.7 Å². The van der Waals surface area contributed by atoms with Crippen LogP contribution in [0.4, 0.5) is 34.1 Å². The van der Waals surface area contributed by atoms with E-state index in [0.29, 0.717) is 28.0 Å². The van der Waals surface area contributed by atoms with Gasteiger partial charge >= 0.3 is 0 Å². The number of aliphatic hydroxyl groups excluding tert-OH is 2. The van der Waals surface area contributed by atoms with Crippen LogP contribution < -0.4 is 20.9 Å².